The molecule has 1 amide bonds. The fourth-order valence-electron chi connectivity index (χ4n) is 4.09. The van der Waals surface area contributed by atoms with Gasteiger partial charge in [0.05, 0.1) is 11.0 Å². The number of benzene rings is 1. The van der Waals surface area contributed by atoms with Gasteiger partial charge in [-0.2, -0.15) is 0 Å². The molecule has 2 N–H and O–H groups in total. The van der Waals surface area contributed by atoms with Crippen molar-refractivity contribution in [2.75, 3.05) is 6.54 Å². The number of H-pyrrole nitrogens is 2. The zero-order valence-electron chi connectivity index (χ0n) is 12.3. The number of nitrogens with zero attached hydrogens (tertiary/aromatic N) is 1. The van der Waals surface area contributed by atoms with Crippen molar-refractivity contribution in [1.82, 2.24) is 14.9 Å². The van der Waals surface area contributed by atoms with Gasteiger partial charge in [0.15, 0.2) is 0 Å². The van der Waals surface area contributed by atoms with Gasteiger partial charge in [-0.05, 0) is 55.7 Å². The molecule has 1 aromatic carbocycles. The predicted molar refractivity (Wildman–Crippen MR) is 82.7 cm³/mol. The number of rotatable bonds is 3. The lowest BCUT2D eigenvalue weighted by Gasteiger charge is -2.49. The van der Waals surface area contributed by atoms with Crippen LogP contribution in [0.5, 0.6) is 0 Å². The van der Waals surface area contributed by atoms with Crippen LogP contribution in [0.15, 0.2) is 23.0 Å². The molecule has 2 heterocycles. The smallest absolute Gasteiger partial charge is 0.323 e. The summed E-state index contributed by atoms with van der Waals surface area (Å²) in [6.45, 7) is 0.923. The average molecular weight is 297 g/mol. The lowest BCUT2D eigenvalue weighted by atomic mass is 9.80. The van der Waals surface area contributed by atoms with Crippen molar-refractivity contribution < 1.29 is 4.79 Å². The van der Waals surface area contributed by atoms with E-state index in [1.165, 1.54) is 25.7 Å². The van der Waals surface area contributed by atoms with Crippen LogP contribution in [0, 0.1) is 17.8 Å². The fraction of sp³-hybridized carbons (Fsp3) is 0.529. The SMILES string of the molecule is O=C(c1ccc2[nH]c(=O)[nH]c2c1)N1CC(C2CC2)C1C1CC1. The van der Waals surface area contributed by atoms with Gasteiger partial charge >= 0.3 is 5.69 Å². The van der Waals surface area contributed by atoms with Crippen LogP contribution in [0.4, 0.5) is 0 Å². The summed E-state index contributed by atoms with van der Waals surface area (Å²) in [5.74, 6) is 2.47. The summed E-state index contributed by atoms with van der Waals surface area (Å²) in [6.07, 6.45) is 5.27. The highest BCUT2D eigenvalue weighted by Crippen LogP contribution is 2.52. The van der Waals surface area contributed by atoms with Gasteiger partial charge in [-0.25, -0.2) is 4.79 Å². The van der Waals surface area contributed by atoms with E-state index < -0.39 is 0 Å². The first kappa shape index (κ1) is 12.5. The number of hydrogen-bond acceptors (Lipinski definition) is 2. The molecule has 0 spiro atoms. The van der Waals surface area contributed by atoms with Gasteiger partial charge in [0.1, 0.15) is 0 Å². The highest BCUT2D eigenvalue weighted by atomic mass is 16.2. The molecule has 3 aliphatic rings. The molecule has 3 fully saturated rings. The lowest BCUT2D eigenvalue weighted by molar-refractivity contribution is -0.00198. The highest BCUT2D eigenvalue weighted by Gasteiger charge is 2.54. The first-order chi connectivity index (χ1) is 10.7. The molecule has 2 aliphatic carbocycles. The van der Waals surface area contributed by atoms with Crippen LogP contribution in [0.3, 0.4) is 0 Å². The molecule has 114 valence electrons. The zero-order chi connectivity index (χ0) is 14.8. The van der Waals surface area contributed by atoms with E-state index in [1.54, 1.807) is 6.07 Å². The van der Waals surface area contributed by atoms with E-state index in [9.17, 15) is 9.59 Å². The van der Waals surface area contributed by atoms with Gasteiger partial charge in [-0.3, -0.25) is 4.79 Å². The topological polar surface area (TPSA) is 69.0 Å². The molecular formula is C17H19N3O2. The van der Waals surface area contributed by atoms with Crippen LogP contribution in [0.25, 0.3) is 11.0 Å². The first-order valence-electron chi connectivity index (χ1n) is 8.24. The normalized spacial score (nSPS) is 27.9. The molecule has 1 saturated heterocycles. The molecule has 2 unspecified atom stereocenters. The maximum atomic E-state index is 12.8. The number of aromatic amines is 2. The van der Waals surface area contributed by atoms with Gasteiger partial charge in [-0.1, -0.05) is 0 Å². The van der Waals surface area contributed by atoms with E-state index in [0.29, 0.717) is 17.1 Å². The standard InChI is InChI=1S/C17H19N3O2/c21-16(11-5-6-13-14(7-11)19-17(22)18-13)20-8-12(9-1-2-9)15(20)10-3-4-10/h5-7,9-10,12,15H,1-4,8H2,(H2,18,19,22). The molecule has 5 heteroatoms. The Morgan fingerprint density at radius 1 is 1.05 bits per heavy atom. The van der Waals surface area contributed by atoms with Crippen LogP contribution >= 0.6 is 0 Å². The Kier molecular flexibility index (Phi) is 2.41. The molecule has 2 saturated carbocycles. The number of aromatic nitrogens is 2. The van der Waals surface area contributed by atoms with Crippen LogP contribution in [-0.4, -0.2) is 33.4 Å². The van der Waals surface area contributed by atoms with Crippen molar-refractivity contribution >= 4 is 16.9 Å². The third-order valence-electron chi connectivity index (χ3n) is 5.56. The van der Waals surface area contributed by atoms with E-state index in [0.717, 1.165) is 29.8 Å². The Morgan fingerprint density at radius 3 is 2.50 bits per heavy atom. The molecule has 0 radical (unpaired) electrons. The summed E-state index contributed by atoms with van der Waals surface area (Å²) >= 11 is 0. The highest BCUT2D eigenvalue weighted by molar-refractivity contribution is 5.98. The number of carbonyl (C=O) groups is 1. The Bertz CT molecular complexity index is 813. The van der Waals surface area contributed by atoms with Crippen LogP contribution in [0.2, 0.25) is 0 Å². The number of carbonyl (C=O) groups excluding carboxylic acids is 1. The minimum atomic E-state index is -0.229. The van der Waals surface area contributed by atoms with Crippen molar-refractivity contribution in [2.24, 2.45) is 17.8 Å². The minimum absolute atomic E-state index is 0.123. The van der Waals surface area contributed by atoms with E-state index in [2.05, 4.69) is 14.9 Å². The van der Waals surface area contributed by atoms with E-state index in [-0.39, 0.29) is 11.6 Å². The van der Waals surface area contributed by atoms with Crippen molar-refractivity contribution in [3.8, 4) is 0 Å². The summed E-state index contributed by atoms with van der Waals surface area (Å²) in [5.41, 5.74) is 1.91. The van der Waals surface area contributed by atoms with E-state index in [1.807, 2.05) is 12.1 Å². The van der Waals surface area contributed by atoms with Gasteiger partial charge < -0.3 is 14.9 Å². The number of imidazole rings is 1. The number of nitrogens with one attached hydrogen (secondary N) is 2. The van der Waals surface area contributed by atoms with Crippen molar-refractivity contribution in [2.45, 2.75) is 31.7 Å². The molecular weight excluding hydrogens is 278 g/mol. The summed E-state index contributed by atoms with van der Waals surface area (Å²) < 4.78 is 0. The second-order valence-corrected chi connectivity index (χ2v) is 7.13. The van der Waals surface area contributed by atoms with E-state index in [4.69, 9.17) is 0 Å². The molecule has 1 aliphatic heterocycles. The maximum absolute atomic E-state index is 12.8. The Labute approximate surface area is 127 Å². The zero-order valence-corrected chi connectivity index (χ0v) is 12.3. The molecule has 0 bridgehead atoms. The quantitative estimate of drug-likeness (QED) is 0.911. The Hall–Kier alpha value is -2.04. The van der Waals surface area contributed by atoms with Crippen LogP contribution in [0.1, 0.15) is 36.0 Å². The fourth-order valence-corrected chi connectivity index (χ4v) is 4.09. The third kappa shape index (κ3) is 1.84. The number of hydrogen-bond donors (Lipinski definition) is 2. The number of amides is 1. The van der Waals surface area contributed by atoms with Crippen molar-refractivity contribution in [1.29, 1.82) is 0 Å². The van der Waals surface area contributed by atoms with Gasteiger partial charge in [0, 0.05) is 24.1 Å². The van der Waals surface area contributed by atoms with E-state index >= 15 is 0 Å². The maximum Gasteiger partial charge on any atom is 0.323 e. The molecule has 5 rings (SSSR count). The average Bonchev–Trinajstić information content (AvgIpc) is 3.36. The van der Waals surface area contributed by atoms with Gasteiger partial charge in [0.25, 0.3) is 5.91 Å². The third-order valence-corrected chi connectivity index (χ3v) is 5.56. The molecule has 22 heavy (non-hydrogen) atoms. The monoisotopic (exact) mass is 297 g/mol. The summed E-state index contributed by atoms with van der Waals surface area (Å²) in [6, 6.07) is 5.90. The molecule has 1 aromatic heterocycles. The summed E-state index contributed by atoms with van der Waals surface area (Å²) in [7, 11) is 0. The van der Waals surface area contributed by atoms with Crippen LogP contribution in [-0.2, 0) is 0 Å². The second kappa shape index (κ2) is 4.24. The molecule has 2 aromatic rings. The second-order valence-electron chi connectivity index (χ2n) is 7.13. The Morgan fingerprint density at radius 2 is 1.77 bits per heavy atom. The van der Waals surface area contributed by atoms with Crippen molar-refractivity contribution in [3.05, 3.63) is 34.2 Å². The summed E-state index contributed by atoms with van der Waals surface area (Å²) in [5, 5.41) is 0. The minimum Gasteiger partial charge on any atom is -0.335 e. The Balaban J connectivity index is 1.43. The predicted octanol–water partition coefficient (Wildman–Crippen LogP) is 2.12. The van der Waals surface area contributed by atoms with Gasteiger partial charge in [0.2, 0.25) is 0 Å². The van der Waals surface area contributed by atoms with Gasteiger partial charge in [-0.15, -0.1) is 0 Å². The lowest BCUT2D eigenvalue weighted by Crippen LogP contribution is -2.60. The van der Waals surface area contributed by atoms with Crippen molar-refractivity contribution in [3.63, 3.8) is 0 Å². The van der Waals surface area contributed by atoms with Crippen LogP contribution < -0.4 is 5.69 Å². The molecule has 5 nitrogen and oxygen atoms in total. The summed E-state index contributed by atoms with van der Waals surface area (Å²) in [4.78, 5) is 31.7. The first-order valence-corrected chi connectivity index (χ1v) is 8.24. The number of likely N-dealkylation sites (tertiary alicyclic amines) is 1. The molecule has 2 atom stereocenters. The number of fused-ring (bicyclic) bond motifs is 1. The largest absolute Gasteiger partial charge is 0.335 e.